The van der Waals surface area contributed by atoms with Gasteiger partial charge >= 0.3 is 5.97 Å². The number of carbonyl (C=O) groups is 2. The number of methoxy groups -OCH3 is 1. The summed E-state index contributed by atoms with van der Waals surface area (Å²) in [6, 6.07) is 16.0. The summed E-state index contributed by atoms with van der Waals surface area (Å²) in [7, 11) is 1.36. The Labute approximate surface area is 185 Å². The van der Waals surface area contributed by atoms with Crippen molar-refractivity contribution in [3.8, 4) is 0 Å². The van der Waals surface area contributed by atoms with Crippen LogP contribution in [0, 0.1) is 0 Å². The van der Waals surface area contributed by atoms with Gasteiger partial charge in [0.1, 0.15) is 0 Å². The molecule has 31 heavy (non-hydrogen) atoms. The predicted octanol–water partition coefficient (Wildman–Crippen LogP) is 3.03. The molecule has 1 aliphatic heterocycles. The monoisotopic (exact) mass is 423 g/mol. The number of carbonyl (C=O) groups excluding carboxylic acids is 2. The van der Waals surface area contributed by atoms with Crippen molar-refractivity contribution in [1.29, 1.82) is 0 Å². The Kier molecular flexibility index (Phi) is 8.20. The van der Waals surface area contributed by atoms with Gasteiger partial charge in [-0.1, -0.05) is 50.2 Å². The van der Waals surface area contributed by atoms with Crippen molar-refractivity contribution in [2.75, 3.05) is 39.8 Å². The summed E-state index contributed by atoms with van der Waals surface area (Å²) in [4.78, 5) is 28.4. The molecule has 1 heterocycles. The van der Waals surface area contributed by atoms with Crippen LogP contribution in [0.5, 0.6) is 0 Å². The SMILES string of the molecule is COC(=O)c1ccc(CNC(=O)CN2CCN(Cc3ccc(C(C)C)cc3)CC2)cc1. The number of rotatable bonds is 8. The van der Waals surface area contributed by atoms with Crippen LogP contribution in [-0.2, 0) is 22.6 Å². The molecule has 1 fully saturated rings. The van der Waals surface area contributed by atoms with Crippen LogP contribution in [-0.4, -0.2) is 61.5 Å². The van der Waals surface area contributed by atoms with E-state index in [9.17, 15) is 9.59 Å². The molecule has 166 valence electrons. The highest BCUT2D eigenvalue weighted by atomic mass is 16.5. The molecule has 1 saturated heterocycles. The van der Waals surface area contributed by atoms with Crippen molar-refractivity contribution >= 4 is 11.9 Å². The van der Waals surface area contributed by atoms with Crippen molar-refractivity contribution in [3.05, 3.63) is 70.8 Å². The Balaban J connectivity index is 1.37. The maximum absolute atomic E-state index is 12.3. The van der Waals surface area contributed by atoms with Crippen molar-refractivity contribution in [3.63, 3.8) is 0 Å². The molecule has 6 heteroatoms. The lowest BCUT2D eigenvalue weighted by Crippen LogP contribution is -2.49. The van der Waals surface area contributed by atoms with Gasteiger partial charge in [-0.05, 0) is 34.7 Å². The Morgan fingerprint density at radius 1 is 0.903 bits per heavy atom. The van der Waals surface area contributed by atoms with Crippen LogP contribution in [0.1, 0.15) is 46.8 Å². The molecule has 1 N–H and O–H groups in total. The van der Waals surface area contributed by atoms with Crippen LogP contribution in [0.2, 0.25) is 0 Å². The van der Waals surface area contributed by atoms with Crippen molar-refractivity contribution in [2.45, 2.75) is 32.9 Å². The van der Waals surface area contributed by atoms with Gasteiger partial charge in [0.15, 0.2) is 0 Å². The highest BCUT2D eigenvalue weighted by molar-refractivity contribution is 5.89. The Bertz CT molecular complexity index is 855. The summed E-state index contributed by atoms with van der Waals surface area (Å²) >= 11 is 0. The summed E-state index contributed by atoms with van der Waals surface area (Å²) in [5.74, 6) is 0.222. The van der Waals surface area contributed by atoms with Gasteiger partial charge in [-0.3, -0.25) is 14.6 Å². The summed E-state index contributed by atoms with van der Waals surface area (Å²) in [6.45, 7) is 9.97. The predicted molar refractivity (Wildman–Crippen MR) is 122 cm³/mol. The molecule has 0 spiro atoms. The summed E-state index contributed by atoms with van der Waals surface area (Å²) in [6.07, 6.45) is 0. The van der Waals surface area contributed by atoms with Gasteiger partial charge < -0.3 is 10.1 Å². The minimum atomic E-state index is -0.359. The second-order valence-corrected chi connectivity index (χ2v) is 8.41. The van der Waals surface area contributed by atoms with Crippen LogP contribution in [0.3, 0.4) is 0 Å². The number of hydrogen-bond donors (Lipinski definition) is 1. The molecule has 2 aromatic carbocycles. The van der Waals surface area contributed by atoms with E-state index in [4.69, 9.17) is 4.74 Å². The molecule has 0 saturated carbocycles. The molecule has 0 radical (unpaired) electrons. The topological polar surface area (TPSA) is 61.9 Å². The van der Waals surface area contributed by atoms with Gasteiger partial charge in [-0.2, -0.15) is 0 Å². The van der Waals surface area contributed by atoms with Crippen molar-refractivity contribution in [2.24, 2.45) is 0 Å². The van der Waals surface area contributed by atoms with Gasteiger partial charge in [-0.15, -0.1) is 0 Å². The van der Waals surface area contributed by atoms with E-state index in [2.05, 4.69) is 53.2 Å². The van der Waals surface area contributed by atoms with E-state index in [0.717, 1.165) is 38.3 Å². The highest BCUT2D eigenvalue weighted by Gasteiger charge is 2.19. The molecule has 6 nitrogen and oxygen atoms in total. The maximum Gasteiger partial charge on any atom is 0.337 e. The van der Waals surface area contributed by atoms with E-state index in [0.29, 0.717) is 24.6 Å². The molecule has 3 rings (SSSR count). The minimum absolute atomic E-state index is 0.0229. The molecule has 0 atom stereocenters. The number of benzene rings is 2. The fourth-order valence-corrected chi connectivity index (χ4v) is 3.71. The summed E-state index contributed by atoms with van der Waals surface area (Å²) in [5.41, 5.74) is 4.17. The maximum atomic E-state index is 12.3. The van der Waals surface area contributed by atoms with Crippen LogP contribution >= 0.6 is 0 Å². The smallest absolute Gasteiger partial charge is 0.337 e. The Hall–Kier alpha value is -2.70. The van der Waals surface area contributed by atoms with Crippen molar-refractivity contribution < 1.29 is 14.3 Å². The summed E-state index contributed by atoms with van der Waals surface area (Å²) < 4.78 is 4.70. The number of piperazine rings is 1. The van der Waals surface area contributed by atoms with Crippen LogP contribution < -0.4 is 5.32 Å². The fourth-order valence-electron chi connectivity index (χ4n) is 3.71. The second kappa shape index (κ2) is 11.1. The van der Waals surface area contributed by atoms with E-state index >= 15 is 0 Å². The van der Waals surface area contributed by atoms with Crippen LogP contribution in [0.25, 0.3) is 0 Å². The zero-order chi connectivity index (χ0) is 22.2. The Morgan fingerprint density at radius 2 is 1.48 bits per heavy atom. The molecule has 1 amide bonds. The van der Waals surface area contributed by atoms with Crippen LogP contribution in [0.4, 0.5) is 0 Å². The average molecular weight is 424 g/mol. The largest absolute Gasteiger partial charge is 0.465 e. The first kappa shape index (κ1) is 23.0. The molecule has 1 aliphatic rings. The third kappa shape index (κ3) is 6.91. The minimum Gasteiger partial charge on any atom is -0.465 e. The molecule has 0 aromatic heterocycles. The first-order valence-electron chi connectivity index (χ1n) is 10.9. The molecule has 0 aliphatic carbocycles. The van der Waals surface area contributed by atoms with Crippen molar-refractivity contribution in [1.82, 2.24) is 15.1 Å². The first-order valence-corrected chi connectivity index (χ1v) is 10.9. The molecule has 2 aromatic rings. The highest BCUT2D eigenvalue weighted by Crippen LogP contribution is 2.16. The second-order valence-electron chi connectivity index (χ2n) is 8.41. The molecular formula is C25H33N3O3. The standard InChI is InChI=1S/C25H33N3O3/c1-19(2)22-8-6-21(7-9-22)17-27-12-14-28(15-13-27)18-24(29)26-16-20-4-10-23(11-5-20)25(30)31-3/h4-11,19H,12-18H2,1-3H3,(H,26,29). The third-order valence-corrected chi connectivity index (χ3v) is 5.75. The number of amides is 1. The third-order valence-electron chi connectivity index (χ3n) is 5.75. The van der Waals surface area contributed by atoms with E-state index in [1.807, 2.05) is 12.1 Å². The van der Waals surface area contributed by atoms with Gasteiger partial charge in [0.2, 0.25) is 5.91 Å². The van der Waals surface area contributed by atoms with E-state index in [1.165, 1.54) is 18.2 Å². The van der Waals surface area contributed by atoms with E-state index < -0.39 is 0 Å². The quantitative estimate of drug-likeness (QED) is 0.662. The molecule has 0 unspecified atom stereocenters. The Morgan fingerprint density at radius 3 is 2.06 bits per heavy atom. The number of esters is 1. The first-order chi connectivity index (χ1) is 14.9. The van der Waals surface area contributed by atoms with Gasteiger partial charge in [-0.25, -0.2) is 4.79 Å². The number of nitrogens with zero attached hydrogens (tertiary/aromatic N) is 2. The zero-order valence-electron chi connectivity index (χ0n) is 18.8. The molecule has 0 bridgehead atoms. The number of nitrogens with one attached hydrogen (secondary N) is 1. The van der Waals surface area contributed by atoms with Gasteiger partial charge in [0.25, 0.3) is 0 Å². The van der Waals surface area contributed by atoms with Gasteiger partial charge in [0.05, 0.1) is 19.2 Å². The zero-order valence-corrected chi connectivity index (χ0v) is 18.8. The number of ether oxygens (including phenoxy) is 1. The lowest BCUT2D eigenvalue weighted by Gasteiger charge is -2.34. The van der Waals surface area contributed by atoms with Gasteiger partial charge in [0, 0.05) is 39.3 Å². The summed E-state index contributed by atoms with van der Waals surface area (Å²) in [5, 5.41) is 2.96. The lowest BCUT2D eigenvalue weighted by molar-refractivity contribution is -0.122. The average Bonchev–Trinajstić information content (AvgIpc) is 2.79. The number of hydrogen-bond acceptors (Lipinski definition) is 5. The van der Waals surface area contributed by atoms with E-state index in [1.54, 1.807) is 12.1 Å². The molecular weight excluding hydrogens is 390 g/mol. The van der Waals surface area contributed by atoms with E-state index in [-0.39, 0.29) is 11.9 Å². The normalized spacial score (nSPS) is 15.1. The van der Waals surface area contributed by atoms with Crippen LogP contribution in [0.15, 0.2) is 48.5 Å². The lowest BCUT2D eigenvalue weighted by atomic mass is 10.0. The fraction of sp³-hybridized carbons (Fsp3) is 0.440.